The second-order valence-corrected chi connectivity index (χ2v) is 6.34. The number of hydrogen-bond donors (Lipinski definition) is 2. The molecule has 0 aliphatic carbocycles. The largest absolute Gasteiger partial charge is 0.302 e. The minimum absolute atomic E-state index is 0.177. The smallest absolute Gasteiger partial charge is 0.204 e. The molecule has 0 aliphatic heterocycles. The van der Waals surface area contributed by atoms with E-state index >= 15 is 0 Å². The van der Waals surface area contributed by atoms with Crippen molar-refractivity contribution in [2.24, 2.45) is 4.99 Å². The Morgan fingerprint density at radius 1 is 1.06 bits per heavy atom. The molecule has 0 atom stereocenters. The molecule has 7 heteroatoms. The van der Waals surface area contributed by atoms with Crippen LogP contribution in [-0.2, 0) is 0 Å². The first-order valence-electron chi connectivity index (χ1n) is 5.46. The van der Waals surface area contributed by atoms with Crippen LogP contribution in [0.2, 0.25) is 0 Å². The third-order valence-corrected chi connectivity index (χ3v) is 3.14. The normalized spacial score (nSPS) is 11.1. The number of anilines is 2. The third kappa shape index (κ3) is 4.08. The first-order valence-corrected chi connectivity index (χ1v) is 7.22. The van der Waals surface area contributed by atoms with E-state index in [0.29, 0.717) is 5.96 Å². The van der Waals surface area contributed by atoms with E-state index in [4.69, 9.17) is 0 Å². The molecule has 0 unspecified atom stereocenters. The average molecular weight is 281 g/mol. The van der Waals surface area contributed by atoms with Gasteiger partial charge in [0.05, 0.1) is 5.54 Å². The summed E-state index contributed by atoms with van der Waals surface area (Å²) in [5, 5.41) is 11.8. The molecule has 2 N–H and O–H groups in total. The zero-order chi connectivity index (χ0) is 13.0. The van der Waals surface area contributed by atoms with Gasteiger partial charge in [-0.2, -0.15) is 0 Å². The van der Waals surface area contributed by atoms with Crippen molar-refractivity contribution in [2.45, 2.75) is 26.3 Å². The molecule has 0 saturated carbocycles. The summed E-state index contributed by atoms with van der Waals surface area (Å²) in [4.78, 5) is 13.0. The molecule has 2 heterocycles. The van der Waals surface area contributed by atoms with Gasteiger partial charge < -0.3 is 10.6 Å². The van der Waals surface area contributed by atoms with Gasteiger partial charge >= 0.3 is 0 Å². The predicted molar refractivity (Wildman–Crippen MR) is 78.7 cm³/mol. The van der Waals surface area contributed by atoms with Crippen LogP contribution in [-0.4, -0.2) is 21.5 Å². The molecule has 96 valence electrons. The fourth-order valence-electron chi connectivity index (χ4n) is 1.20. The van der Waals surface area contributed by atoms with Gasteiger partial charge in [-0.05, 0) is 20.8 Å². The van der Waals surface area contributed by atoms with E-state index < -0.39 is 0 Å². The number of hydrogen-bond acceptors (Lipinski definition) is 5. The van der Waals surface area contributed by atoms with Crippen LogP contribution in [0.15, 0.2) is 28.1 Å². The molecule has 0 saturated heterocycles. The van der Waals surface area contributed by atoms with Crippen molar-refractivity contribution in [3.05, 3.63) is 23.2 Å². The van der Waals surface area contributed by atoms with E-state index in [9.17, 15) is 0 Å². The van der Waals surface area contributed by atoms with Crippen LogP contribution < -0.4 is 10.6 Å². The lowest BCUT2D eigenvalue weighted by Crippen LogP contribution is -2.26. The van der Waals surface area contributed by atoms with Crippen molar-refractivity contribution in [3.8, 4) is 0 Å². The lowest BCUT2D eigenvalue weighted by Gasteiger charge is -2.16. The highest BCUT2D eigenvalue weighted by atomic mass is 32.1. The van der Waals surface area contributed by atoms with Crippen molar-refractivity contribution in [1.82, 2.24) is 9.97 Å². The van der Waals surface area contributed by atoms with E-state index in [1.54, 1.807) is 12.4 Å². The van der Waals surface area contributed by atoms with Gasteiger partial charge in [0.2, 0.25) is 5.96 Å². The molecule has 2 aromatic heterocycles. The summed E-state index contributed by atoms with van der Waals surface area (Å²) >= 11 is 3.06. The Balaban J connectivity index is 2.15. The Labute approximate surface area is 114 Å². The lowest BCUT2D eigenvalue weighted by molar-refractivity contribution is 0.583. The van der Waals surface area contributed by atoms with Crippen LogP contribution in [0.25, 0.3) is 0 Å². The Morgan fingerprint density at radius 3 is 1.89 bits per heavy atom. The maximum atomic E-state index is 4.59. The fraction of sp³-hybridized carbons (Fsp3) is 0.364. The van der Waals surface area contributed by atoms with E-state index in [1.165, 1.54) is 22.7 Å². The number of aromatic nitrogens is 2. The molecular formula is C11H15N5S2. The molecule has 5 nitrogen and oxygen atoms in total. The topological polar surface area (TPSA) is 62.2 Å². The lowest BCUT2D eigenvalue weighted by atomic mass is 10.1. The Morgan fingerprint density at radius 2 is 1.56 bits per heavy atom. The Hall–Kier alpha value is -1.47. The number of aliphatic imine (C=N–C) groups is 1. The maximum absolute atomic E-state index is 4.59. The van der Waals surface area contributed by atoms with E-state index in [2.05, 4.69) is 25.6 Å². The Bertz CT molecular complexity index is 458. The van der Waals surface area contributed by atoms with Crippen LogP contribution >= 0.6 is 22.7 Å². The summed E-state index contributed by atoms with van der Waals surface area (Å²) < 4.78 is 0. The minimum atomic E-state index is -0.177. The molecule has 2 rings (SSSR count). The van der Waals surface area contributed by atoms with E-state index in [-0.39, 0.29) is 5.54 Å². The summed E-state index contributed by atoms with van der Waals surface area (Å²) in [6, 6.07) is 0. The summed E-state index contributed by atoms with van der Waals surface area (Å²) in [6.07, 6.45) is 3.51. The SMILES string of the molecule is CC(C)(C)N=C(Nc1nccs1)Nc1nccs1. The summed E-state index contributed by atoms with van der Waals surface area (Å²) in [6.45, 7) is 6.13. The van der Waals surface area contributed by atoms with Crippen LogP contribution in [0.4, 0.5) is 10.3 Å². The molecule has 0 fully saturated rings. The molecule has 0 aromatic carbocycles. The van der Waals surface area contributed by atoms with Crippen molar-refractivity contribution < 1.29 is 0 Å². The predicted octanol–water partition coefficient (Wildman–Crippen LogP) is 3.28. The number of guanidine groups is 1. The molecule has 18 heavy (non-hydrogen) atoms. The second kappa shape index (κ2) is 5.45. The van der Waals surface area contributed by atoms with Gasteiger partial charge in [-0.25, -0.2) is 15.0 Å². The molecule has 0 radical (unpaired) electrons. The fourth-order valence-corrected chi connectivity index (χ4v) is 2.25. The maximum Gasteiger partial charge on any atom is 0.204 e. The number of nitrogens with zero attached hydrogens (tertiary/aromatic N) is 3. The first kappa shape index (κ1) is 13.0. The number of thiazole rings is 2. The van der Waals surface area contributed by atoms with Gasteiger partial charge in [0.25, 0.3) is 0 Å². The number of rotatable bonds is 2. The third-order valence-electron chi connectivity index (χ3n) is 1.76. The van der Waals surface area contributed by atoms with Crippen LogP contribution in [0.3, 0.4) is 0 Å². The quantitative estimate of drug-likeness (QED) is 0.655. The van der Waals surface area contributed by atoms with E-state index in [0.717, 1.165) is 10.3 Å². The standard InChI is InChI=1S/C11H15N5S2/c1-11(2,3)16-8(14-9-12-4-6-17-9)15-10-13-5-7-18-10/h4-7H,1-3H3,(H2,12,13,14,15,16). The van der Waals surface area contributed by atoms with Gasteiger partial charge in [0.15, 0.2) is 10.3 Å². The van der Waals surface area contributed by atoms with Gasteiger partial charge in [0.1, 0.15) is 0 Å². The Kier molecular flexibility index (Phi) is 3.93. The molecular weight excluding hydrogens is 266 g/mol. The second-order valence-electron chi connectivity index (χ2n) is 4.56. The van der Waals surface area contributed by atoms with Gasteiger partial charge in [-0.1, -0.05) is 0 Å². The molecule has 0 spiro atoms. The number of nitrogens with one attached hydrogen (secondary N) is 2. The molecule has 0 bridgehead atoms. The molecule has 2 aromatic rings. The molecule has 0 aliphatic rings. The average Bonchev–Trinajstić information content (AvgIpc) is 2.87. The highest BCUT2D eigenvalue weighted by Gasteiger charge is 2.12. The zero-order valence-electron chi connectivity index (χ0n) is 10.5. The van der Waals surface area contributed by atoms with Crippen molar-refractivity contribution >= 4 is 38.9 Å². The van der Waals surface area contributed by atoms with Crippen LogP contribution in [0, 0.1) is 0 Å². The van der Waals surface area contributed by atoms with Crippen molar-refractivity contribution in [3.63, 3.8) is 0 Å². The van der Waals surface area contributed by atoms with Crippen LogP contribution in [0.5, 0.6) is 0 Å². The van der Waals surface area contributed by atoms with Gasteiger partial charge in [-0.15, -0.1) is 22.7 Å². The van der Waals surface area contributed by atoms with Crippen LogP contribution in [0.1, 0.15) is 20.8 Å². The monoisotopic (exact) mass is 281 g/mol. The van der Waals surface area contributed by atoms with E-state index in [1.807, 2.05) is 31.5 Å². The first-order chi connectivity index (χ1) is 8.53. The van der Waals surface area contributed by atoms with Crippen molar-refractivity contribution in [2.75, 3.05) is 10.6 Å². The summed E-state index contributed by atoms with van der Waals surface area (Å²) in [5.41, 5.74) is -0.177. The molecule has 0 amide bonds. The van der Waals surface area contributed by atoms with Gasteiger partial charge in [0, 0.05) is 23.2 Å². The highest BCUT2D eigenvalue weighted by Crippen LogP contribution is 2.16. The summed E-state index contributed by atoms with van der Waals surface area (Å²) in [7, 11) is 0. The summed E-state index contributed by atoms with van der Waals surface area (Å²) in [5.74, 6) is 0.660. The van der Waals surface area contributed by atoms with Gasteiger partial charge in [-0.3, -0.25) is 0 Å². The minimum Gasteiger partial charge on any atom is -0.302 e. The highest BCUT2D eigenvalue weighted by molar-refractivity contribution is 7.14. The zero-order valence-corrected chi connectivity index (χ0v) is 12.1. The van der Waals surface area contributed by atoms with Crippen molar-refractivity contribution in [1.29, 1.82) is 0 Å².